The highest BCUT2D eigenvalue weighted by atomic mass is 19.4. The zero-order chi connectivity index (χ0) is 10.9. The second kappa shape index (κ2) is 2.17. The van der Waals surface area contributed by atoms with E-state index in [4.69, 9.17) is 0 Å². The fraction of sp³-hybridized carbons (Fsp3) is 1.00. The third-order valence-corrected chi connectivity index (χ3v) is 2.45. The Morgan fingerprint density at radius 1 is 0.857 bits per heavy atom. The Balaban J connectivity index is 2.26. The molecule has 0 aromatic rings. The number of rotatable bonds is 0. The molecule has 2 fully saturated rings. The molecule has 0 spiro atoms. The van der Waals surface area contributed by atoms with Gasteiger partial charge in [0.1, 0.15) is 0 Å². The lowest BCUT2D eigenvalue weighted by molar-refractivity contribution is -0.366. The fourth-order valence-corrected chi connectivity index (χ4v) is 1.87. The van der Waals surface area contributed by atoms with Crippen molar-refractivity contribution < 1.29 is 35.5 Å². The number of alkyl halides is 7. The smallest absolute Gasteiger partial charge is 0.255 e. The van der Waals surface area contributed by atoms with Gasteiger partial charge in [-0.1, -0.05) is 0 Å². The lowest BCUT2D eigenvalue weighted by Gasteiger charge is -2.20. The summed E-state index contributed by atoms with van der Waals surface area (Å²) in [4.78, 5) is 0. The molecule has 0 bridgehead atoms. The minimum absolute atomic E-state index is 2.43. The summed E-state index contributed by atoms with van der Waals surface area (Å²) in [6, 6.07) is 0. The molecule has 82 valence electrons. The molecule has 0 aromatic heterocycles. The minimum Gasteiger partial charge on any atom is -0.255 e. The van der Waals surface area contributed by atoms with E-state index in [9.17, 15) is 30.7 Å². The molecular formula is C6H3F7O. The summed E-state index contributed by atoms with van der Waals surface area (Å²) >= 11 is 0. The van der Waals surface area contributed by atoms with E-state index >= 15 is 0 Å². The lowest BCUT2D eigenvalue weighted by Crippen LogP contribution is -2.34. The van der Waals surface area contributed by atoms with E-state index in [2.05, 4.69) is 4.74 Å². The van der Waals surface area contributed by atoms with E-state index in [1.807, 2.05) is 0 Å². The number of hydrogen-bond donors (Lipinski definition) is 0. The molecule has 1 aliphatic heterocycles. The van der Waals surface area contributed by atoms with Crippen molar-refractivity contribution in [2.45, 2.75) is 18.4 Å². The Labute approximate surface area is 72.8 Å². The Morgan fingerprint density at radius 2 is 1.21 bits per heavy atom. The topological polar surface area (TPSA) is 9.23 Å². The molecule has 0 amide bonds. The standard InChI is InChI=1S/C6H3F7O/c7-4(8,9)1-2-3(1)6(12,13)14-5(2,10)11/h1-3H. The van der Waals surface area contributed by atoms with Crippen LogP contribution in [0.3, 0.4) is 0 Å². The first-order valence-electron chi connectivity index (χ1n) is 3.60. The van der Waals surface area contributed by atoms with Crippen LogP contribution in [0.15, 0.2) is 0 Å². The molecule has 0 radical (unpaired) electrons. The van der Waals surface area contributed by atoms with E-state index in [1.54, 1.807) is 0 Å². The average Bonchev–Trinajstić information content (AvgIpc) is 2.48. The normalized spacial score (nSPS) is 43.5. The minimum atomic E-state index is -5.02. The van der Waals surface area contributed by atoms with Gasteiger partial charge in [0.25, 0.3) is 0 Å². The van der Waals surface area contributed by atoms with E-state index in [0.29, 0.717) is 0 Å². The molecule has 0 aromatic carbocycles. The van der Waals surface area contributed by atoms with Crippen LogP contribution in [0.2, 0.25) is 0 Å². The van der Waals surface area contributed by atoms with Crippen molar-refractivity contribution in [2.24, 2.45) is 17.8 Å². The van der Waals surface area contributed by atoms with E-state index in [1.165, 1.54) is 0 Å². The zero-order valence-electron chi connectivity index (χ0n) is 6.29. The van der Waals surface area contributed by atoms with Crippen molar-refractivity contribution >= 4 is 0 Å². The van der Waals surface area contributed by atoms with Crippen molar-refractivity contribution in [1.29, 1.82) is 0 Å². The predicted octanol–water partition coefficient (Wildman–Crippen LogP) is 2.63. The molecule has 0 N–H and O–H groups in total. The van der Waals surface area contributed by atoms with Gasteiger partial charge in [-0.25, -0.2) is 0 Å². The molecule has 8 heteroatoms. The molecule has 2 atom stereocenters. The van der Waals surface area contributed by atoms with Gasteiger partial charge in [0.15, 0.2) is 0 Å². The van der Waals surface area contributed by atoms with Crippen molar-refractivity contribution in [1.82, 2.24) is 0 Å². The Bertz CT molecular complexity index is 243. The van der Waals surface area contributed by atoms with Crippen LogP contribution in [0.4, 0.5) is 30.7 Å². The Morgan fingerprint density at radius 3 is 1.43 bits per heavy atom. The molecule has 1 saturated carbocycles. The predicted molar refractivity (Wildman–Crippen MR) is 27.5 cm³/mol. The first kappa shape index (κ1) is 10.0. The highest BCUT2D eigenvalue weighted by Gasteiger charge is 2.87. The molecule has 1 heterocycles. The summed E-state index contributed by atoms with van der Waals surface area (Å²) in [5.41, 5.74) is 0. The maximum Gasteiger partial charge on any atom is 0.393 e. The van der Waals surface area contributed by atoms with Gasteiger partial charge in [-0.05, 0) is 0 Å². The molecule has 1 aliphatic carbocycles. The lowest BCUT2D eigenvalue weighted by atomic mass is 10.3. The number of ether oxygens (including phenoxy) is 1. The van der Waals surface area contributed by atoms with Crippen molar-refractivity contribution in [3.8, 4) is 0 Å². The van der Waals surface area contributed by atoms with Crippen LogP contribution in [0.5, 0.6) is 0 Å². The Kier molecular flexibility index (Phi) is 1.55. The molecule has 2 unspecified atom stereocenters. The molecule has 1 nitrogen and oxygen atoms in total. The van der Waals surface area contributed by atoms with E-state index < -0.39 is 36.1 Å². The maximum atomic E-state index is 12.5. The van der Waals surface area contributed by atoms with Crippen molar-refractivity contribution in [2.75, 3.05) is 0 Å². The zero-order valence-corrected chi connectivity index (χ0v) is 6.29. The third-order valence-electron chi connectivity index (χ3n) is 2.45. The van der Waals surface area contributed by atoms with E-state index in [-0.39, 0.29) is 0 Å². The van der Waals surface area contributed by atoms with Crippen LogP contribution in [0.1, 0.15) is 0 Å². The summed E-state index contributed by atoms with van der Waals surface area (Å²) in [5.74, 6) is -7.52. The van der Waals surface area contributed by atoms with Gasteiger partial charge in [-0.2, -0.15) is 30.7 Å². The summed E-state index contributed by atoms with van der Waals surface area (Å²) in [5, 5.41) is 0. The van der Waals surface area contributed by atoms with Crippen LogP contribution in [0.25, 0.3) is 0 Å². The van der Waals surface area contributed by atoms with E-state index in [0.717, 1.165) is 0 Å². The number of halogens is 7. The molecule has 2 rings (SSSR count). The van der Waals surface area contributed by atoms with Crippen molar-refractivity contribution in [3.05, 3.63) is 0 Å². The quantitative estimate of drug-likeness (QED) is 0.574. The van der Waals surface area contributed by atoms with Gasteiger partial charge in [0, 0.05) is 0 Å². The van der Waals surface area contributed by atoms with Crippen LogP contribution >= 0.6 is 0 Å². The fourth-order valence-electron chi connectivity index (χ4n) is 1.87. The highest BCUT2D eigenvalue weighted by Crippen LogP contribution is 2.72. The van der Waals surface area contributed by atoms with Gasteiger partial charge in [-0.3, -0.25) is 4.74 Å². The first-order chi connectivity index (χ1) is 6.07. The maximum absolute atomic E-state index is 12.5. The third kappa shape index (κ3) is 1.12. The van der Waals surface area contributed by atoms with Gasteiger partial charge < -0.3 is 0 Å². The van der Waals surface area contributed by atoms with Crippen LogP contribution < -0.4 is 0 Å². The number of fused-ring (bicyclic) bond motifs is 1. The highest BCUT2D eigenvalue weighted by molar-refractivity contribution is 5.12. The van der Waals surface area contributed by atoms with Crippen molar-refractivity contribution in [3.63, 3.8) is 0 Å². The first-order valence-corrected chi connectivity index (χ1v) is 3.60. The van der Waals surface area contributed by atoms with Gasteiger partial charge in [0.2, 0.25) is 0 Å². The second-order valence-electron chi connectivity index (χ2n) is 3.34. The van der Waals surface area contributed by atoms with Gasteiger partial charge >= 0.3 is 18.4 Å². The molecule has 2 aliphatic rings. The van der Waals surface area contributed by atoms with Gasteiger partial charge in [0.05, 0.1) is 17.8 Å². The average molecular weight is 224 g/mol. The SMILES string of the molecule is FC(F)(F)C1C2C1C(F)(F)OC2(F)F. The Hall–Kier alpha value is -0.530. The summed E-state index contributed by atoms with van der Waals surface area (Å²) in [6.45, 7) is 0. The summed E-state index contributed by atoms with van der Waals surface area (Å²) in [6.07, 6.45) is -13.8. The van der Waals surface area contributed by atoms with Crippen LogP contribution in [-0.4, -0.2) is 18.4 Å². The monoisotopic (exact) mass is 224 g/mol. The molecular weight excluding hydrogens is 221 g/mol. The molecule has 1 saturated heterocycles. The number of hydrogen-bond acceptors (Lipinski definition) is 1. The summed E-state index contributed by atoms with van der Waals surface area (Å²) in [7, 11) is 0. The van der Waals surface area contributed by atoms with Crippen LogP contribution in [-0.2, 0) is 4.74 Å². The second-order valence-corrected chi connectivity index (χ2v) is 3.34. The summed E-state index contributed by atoms with van der Waals surface area (Å²) < 4.78 is 88.6. The van der Waals surface area contributed by atoms with Gasteiger partial charge in [-0.15, -0.1) is 0 Å². The van der Waals surface area contributed by atoms with Crippen LogP contribution in [0, 0.1) is 17.8 Å². The largest absolute Gasteiger partial charge is 0.393 e. The molecule has 14 heavy (non-hydrogen) atoms.